The summed E-state index contributed by atoms with van der Waals surface area (Å²) in [5.41, 5.74) is 3.34. The zero-order valence-electron chi connectivity index (χ0n) is 16.7. The van der Waals surface area contributed by atoms with Crippen LogP contribution in [0.2, 0.25) is 0 Å². The number of nitrogens with one attached hydrogen (secondary N) is 2. The number of rotatable bonds is 10. The fraction of sp³-hybridized carbons (Fsp3) is 0.273. The predicted molar refractivity (Wildman–Crippen MR) is 111 cm³/mol. The molecule has 1 amide bonds. The Balaban J connectivity index is 1.60. The van der Waals surface area contributed by atoms with Crippen LogP contribution in [-0.2, 0) is 17.9 Å². The summed E-state index contributed by atoms with van der Waals surface area (Å²) in [4.78, 5) is 15.7. The molecule has 0 unspecified atom stereocenters. The van der Waals surface area contributed by atoms with Gasteiger partial charge < -0.3 is 24.7 Å². The minimum absolute atomic E-state index is 0.0349. The van der Waals surface area contributed by atoms with Crippen LogP contribution in [0.5, 0.6) is 11.5 Å². The highest BCUT2D eigenvalue weighted by Gasteiger charge is 2.09. The van der Waals surface area contributed by atoms with Crippen molar-refractivity contribution in [3.05, 3.63) is 72.3 Å². The van der Waals surface area contributed by atoms with Gasteiger partial charge in [0.25, 0.3) is 5.91 Å². The zero-order chi connectivity index (χ0) is 20.5. The van der Waals surface area contributed by atoms with Crippen molar-refractivity contribution in [1.29, 1.82) is 0 Å². The lowest BCUT2D eigenvalue weighted by molar-refractivity contribution is -0.123. The first-order valence-electron chi connectivity index (χ1n) is 9.54. The zero-order valence-corrected chi connectivity index (χ0v) is 16.7. The van der Waals surface area contributed by atoms with Gasteiger partial charge in [-0.2, -0.15) is 0 Å². The molecule has 3 aromatic rings. The molecule has 0 fully saturated rings. The normalized spacial score (nSPS) is 10.6. The SMILES string of the molecule is CCNC(=O)COc1ccc(CNCc2ccccc2-n2ccnc2)cc1OC. The molecule has 152 valence electrons. The molecule has 0 spiro atoms. The average molecular weight is 394 g/mol. The number of benzene rings is 2. The van der Waals surface area contributed by atoms with E-state index in [1.54, 1.807) is 19.6 Å². The van der Waals surface area contributed by atoms with Gasteiger partial charge in [0.1, 0.15) is 0 Å². The third-order valence-corrected chi connectivity index (χ3v) is 4.38. The highest BCUT2D eigenvalue weighted by Crippen LogP contribution is 2.28. The average Bonchev–Trinajstić information content (AvgIpc) is 3.28. The second kappa shape index (κ2) is 10.3. The third-order valence-electron chi connectivity index (χ3n) is 4.38. The van der Waals surface area contributed by atoms with Crippen LogP contribution in [0.25, 0.3) is 5.69 Å². The minimum Gasteiger partial charge on any atom is -0.493 e. The number of hydrogen-bond donors (Lipinski definition) is 2. The highest BCUT2D eigenvalue weighted by atomic mass is 16.5. The van der Waals surface area contributed by atoms with Gasteiger partial charge in [0.05, 0.1) is 19.1 Å². The largest absolute Gasteiger partial charge is 0.493 e. The number of carbonyl (C=O) groups is 1. The van der Waals surface area contributed by atoms with E-state index in [9.17, 15) is 4.79 Å². The predicted octanol–water partition coefficient (Wildman–Crippen LogP) is 2.69. The minimum atomic E-state index is -0.156. The van der Waals surface area contributed by atoms with Gasteiger partial charge in [0.15, 0.2) is 18.1 Å². The van der Waals surface area contributed by atoms with Crippen LogP contribution in [0.1, 0.15) is 18.1 Å². The summed E-state index contributed by atoms with van der Waals surface area (Å²) in [5, 5.41) is 6.17. The lowest BCUT2D eigenvalue weighted by Crippen LogP contribution is -2.28. The molecular weight excluding hydrogens is 368 g/mol. The van der Waals surface area contributed by atoms with Gasteiger partial charge in [-0.3, -0.25) is 4.79 Å². The number of nitrogens with zero attached hydrogens (tertiary/aromatic N) is 2. The molecule has 0 aliphatic carbocycles. The molecule has 0 aliphatic heterocycles. The Bertz CT molecular complexity index is 926. The van der Waals surface area contributed by atoms with Crippen LogP contribution < -0.4 is 20.1 Å². The van der Waals surface area contributed by atoms with Crippen molar-refractivity contribution in [2.75, 3.05) is 20.3 Å². The van der Waals surface area contributed by atoms with E-state index in [1.807, 2.05) is 48.0 Å². The summed E-state index contributed by atoms with van der Waals surface area (Å²) in [6.07, 6.45) is 5.50. The second-order valence-corrected chi connectivity index (χ2v) is 6.43. The Labute approximate surface area is 170 Å². The number of aromatic nitrogens is 2. The Morgan fingerprint density at radius 1 is 1.14 bits per heavy atom. The molecule has 7 heteroatoms. The Morgan fingerprint density at radius 2 is 2.00 bits per heavy atom. The third kappa shape index (κ3) is 5.58. The summed E-state index contributed by atoms with van der Waals surface area (Å²) < 4.78 is 13.0. The number of likely N-dealkylation sites (N-methyl/N-ethyl adjacent to an activating group) is 1. The maximum Gasteiger partial charge on any atom is 0.257 e. The van der Waals surface area contributed by atoms with Crippen molar-refractivity contribution in [1.82, 2.24) is 20.2 Å². The first kappa shape index (κ1) is 20.4. The van der Waals surface area contributed by atoms with E-state index >= 15 is 0 Å². The van der Waals surface area contributed by atoms with Crippen LogP contribution in [-0.4, -0.2) is 35.7 Å². The van der Waals surface area contributed by atoms with Crippen molar-refractivity contribution >= 4 is 5.91 Å². The quantitative estimate of drug-likeness (QED) is 0.553. The van der Waals surface area contributed by atoms with Crippen LogP contribution >= 0.6 is 0 Å². The van der Waals surface area contributed by atoms with E-state index in [4.69, 9.17) is 9.47 Å². The molecule has 0 saturated heterocycles. The van der Waals surface area contributed by atoms with Crippen molar-refractivity contribution in [2.45, 2.75) is 20.0 Å². The molecule has 29 heavy (non-hydrogen) atoms. The number of carbonyl (C=O) groups excluding carboxylic acids is 1. The molecule has 0 bridgehead atoms. The molecule has 2 N–H and O–H groups in total. The lowest BCUT2D eigenvalue weighted by Gasteiger charge is -2.13. The molecule has 0 radical (unpaired) electrons. The monoisotopic (exact) mass is 394 g/mol. The molecular formula is C22H26N4O3. The van der Waals surface area contributed by atoms with Crippen LogP contribution in [0.3, 0.4) is 0 Å². The van der Waals surface area contributed by atoms with Gasteiger partial charge in [0, 0.05) is 32.0 Å². The fourth-order valence-electron chi connectivity index (χ4n) is 2.99. The van der Waals surface area contributed by atoms with Crippen molar-refractivity contribution < 1.29 is 14.3 Å². The van der Waals surface area contributed by atoms with E-state index in [-0.39, 0.29) is 12.5 Å². The summed E-state index contributed by atoms with van der Waals surface area (Å²) in [5.74, 6) is 0.997. The Kier molecular flexibility index (Phi) is 7.24. The number of para-hydroxylation sites is 1. The lowest BCUT2D eigenvalue weighted by atomic mass is 10.1. The highest BCUT2D eigenvalue weighted by molar-refractivity contribution is 5.77. The number of methoxy groups -OCH3 is 1. The maximum atomic E-state index is 11.6. The number of imidazole rings is 1. The van der Waals surface area contributed by atoms with Crippen LogP contribution in [0.15, 0.2) is 61.2 Å². The van der Waals surface area contributed by atoms with E-state index < -0.39 is 0 Å². The van der Waals surface area contributed by atoms with E-state index in [0.717, 1.165) is 11.3 Å². The first-order valence-corrected chi connectivity index (χ1v) is 9.54. The van der Waals surface area contributed by atoms with E-state index in [2.05, 4.69) is 27.8 Å². The van der Waals surface area contributed by atoms with Gasteiger partial charge >= 0.3 is 0 Å². The maximum absolute atomic E-state index is 11.6. The van der Waals surface area contributed by atoms with Gasteiger partial charge in [-0.25, -0.2) is 4.98 Å². The Morgan fingerprint density at radius 3 is 2.76 bits per heavy atom. The summed E-state index contributed by atoms with van der Waals surface area (Å²) in [7, 11) is 1.59. The van der Waals surface area contributed by atoms with Gasteiger partial charge in [-0.1, -0.05) is 24.3 Å². The molecule has 7 nitrogen and oxygen atoms in total. The van der Waals surface area contributed by atoms with Gasteiger partial charge in [0.2, 0.25) is 0 Å². The van der Waals surface area contributed by atoms with Crippen molar-refractivity contribution in [3.63, 3.8) is 0 Å². The fourth-order valence-corrected chi connectivity index (χ4v) is 2.99. The molecule has 1 heterocycles. The topological polar surface area (TPSA) is 77.4 Å². The molecule has 1 aromatic heterocycles. The standard InChI is InChI=1S/C22H26N4O3/c1-3-25-22(27)15-29-20-9-8-17(12-21(20)28-2)13-24-14-18-6-4-5-7-19(18)26-11-10-23-16-26/h4-12,16,24H,3,13-15H2,1-2H3,(H,25,27). The number of amides is 1. The molecule has 0 saturated carbocycles. The molecule has 2 aromatic carbocycles. The van der Waals surface area contributed by atoms with Crippen LogP contribution in [0, 0.1) is 0 Å². The molecule has 3 rings (SSSR count). The van der Waals surface area contributed by atoms with E-state index in [0.29, 0.717) is 31.1 Å². The Hall–Kier alpha value is -3.32. The van der Waals surface area contributed by atoms with Gasteiger partial charge in [-0.05, 0) is 36.2 Å². The number of ether oxygens (including phenoxy) is 2. The molecule has 0 aliphatic rings. The van der Waals surface area contributed by atoms with E-state index in [1.165, 1.54) is 5.56 Å². The second-order valence-electron chi connectivity index (χ2n) is 6.43. The first-order chi connectivity index (χ1) is 14.2. The summed E-state index contributed by atoms with van der Waals surface area (Å²) in [6, 6.07) is 13.9. The van der Waals surface area contributed by atoms with Crippen molar-refractivity contribution in [2.24, 2.45) is 0 Å². The smallest absolute Gasteiger partial charge is 0.257 e. The summed E-state index contributed by atoms with van der Waals surface area (Å²) >= 11 is 0. The number of hydrogen-bond acceptors (Lipinski definition) is 5. The van der Waals surface area contributed by atoms with Gasteiger partial charge in [-0.15, -0.1) is 0 Å². The summed E-state index contributed by atoms with van der Waals surface area (Å²) in [6.45, 7) is 3.80. The molecule has 0 atom stereocenters. The van der Waals surface area contributed by atoms with Crippen LogP contribution in [0.4, 0.5) is 0 Å². The van der Waals surface area contributed by atoms with Crippen molar-refractivity contribution in [3.8, 4) is 17.2 Å².